The lowest BCUT2D eigenvalue weighted by Gasteiger charge is -2.08. The van der Waals surface area contributed by atoms with Gasteiger partial charge in [0.1, 0.15) is 6.61 Å². The van der Waals surface area contributed by atoms with E-state index in [1.54, 1.807) is 0 Å². The van der Waals surface area contributed by atoms with Crippen molar-refractivity contribution in [3.05, 3.63) is 0 Å². The summed E-state index contributed by atoms with van der Waals surface area (Å²) in [6.07, 6.45) is 2.60. The van der Waals surface area contributed by atoms with E-state index in [-0.39, 0.29) is 18.5 Å². The van der Waals surface area contributed by atoms with Gasteiger partial charge < -0.3 is 14.2 Å². The molecule has 0 saturated carbocycles. The Kier molecular flexibility index (Phi) is 12.3. The second-order valence-electron chi connectivity index (χ2n) is 5.41. The van der Waals surface area contributed by atoms with Crippen molar-refractivity contribution in [3.8, 4) is 0 Å². The molecule has 0 spiro atoms. The first-order chi connectivity index (χ1) is 9.02. The molecule has 0 aliphatic carbocycles. The van der Waals surface area contributed by atoms with Crippen molar-refractivity contribution in [2.24, 2.45) is 5.92 Å². The van der Waals surface area contributed by atoms with Crippen LogP contribution in [-0.4, -0.2) is 44.9 Å². The van der Waals surface area contributed by atoms with Gasteiger partial charge in [-0.15, -0.1) is 0 Å². The minimum absolute atomic E-state index is 0.136. The summed E-state index contributed by atoms with van der Waals surface area (Å²) >= 11 is 0. The monoisotopic (exact) mass is 274 g/mol. The molecule has 0 heterocycles. The maximum atomic E-state index is 11.5. The van der Waals surface area contributed by atoms with Crippen LogP contribution in [0.25, 0.3) is 0 Å². The standard InChI is InChI=1S/C15H30O4/c1-13(2)7-9-17-8-5-6-15(16)12-18-10-11-19-14(3)4/h13-14H,5-12H2,1-4H3. The quantitative estimate of drug-likeness (QED) is 0.484. The highest BCUT2D eigenvalue weighted by Gasteiger charge is 2.02. The van der Waals surface area contributed by atoms with E-state index in [0.29, 0.717) is 32.2 Å². The maximum Gasteiger partial charge on any atom is 0.158 e. The Morgan fingerprint density at radius 1 is 0.947 bits per heavy atom. The fourth-order valence-corrected chi connectivity index (χ4v) is 1.39. The highest BCUT2D eigenvalue weighted by molar-refractivity contribution is 5.79. The van der Waals surface area contributed by atoms with Crippen molar-refractivity contribution < 1.29 is 19.0 Å². The average molecular weight is 274 g/mol. The molecule has 0 aliphatic rings. The second-order valence-corrected chi connectivity index (χ2v) is 5.41. The first kappa shape index (κ1) is 18.6. The molecule has 0 N–H and O–H groups in total. The van der Waals surface area contributed by atoms with Crippen LogP contribution in [0.1, 0.15) is 47.0 Å². The van der Waals surface area contributed by atoms with Crippen LogP contribution < -0.4 is 0 Å². The Labute approximate surface area is 117 Å². The minimum atomic E-state index is 0.136. The largest absolute Gasteiger partial charge is 0.381 e. The summed E-state index contributed by atoms with van der Waals surface area (Å²) in [7, 11) is 0. The Hall–Kier alpha value is -0.450. The van der Waals surface area contributed by atoms with Crippen molar-refractivity contribution in [1.29, 1.82) is 0 Å². The molecule has 0 saturated heterocycles. The van der Waals surface area contributed by atoms with Crippen LogP contribution in [0, 0.1) is 5.92 Å². The number of hydrogen-bond acceptors (Lipinski definition) is 4. The van der Waals surface area contributed by atoms with Crippen LogP contribution in [0.4, 0.5) is 0 Å². The van der Waals surface area contributed by atoms with Gasteiger partial charge in [0.05, 0.1) is 19.3 Å². The minimum Gasteiger partial charge on any atom is -0.381 e. The lowest BCUT2D eigenvalue weighted by molar-refractivity contribution is -0.124. The zero-order valence-corrected chi connectivity index (χ0v) is 12.9. The van der Waals surface area contributed by atoms with Crippen LogP contribution in [0.3, 0.4) is 0 Å². The molecule has 4 heteroatoms. The molecular weight excluding hydrogens is 244 g/mol. The van der Waals surface area contributed by atoms with Gasteiger partial charge in [-0.1, -0.05) is 13.8 Å². The highest BCUT2D eigenvalue weighted by Crippen LogP contribution is 2.00. The predicted molar refractivity (Wildman–Crippen MR) is 76.4 cm³/mol. The molecule has 0 aromatic rings. The number of Topliss-reactive ketones (excluding diaryl/α,β-unsaturated/α-hetero) is 1. The van der Waals surface area contributed by atoms with Crippen LogP contribution in [0.5, 0.6) is 0 Å². The van der Waals surface area contributed by atoms with Gasteiger partial charge in [-0.25, -0.2) is 0 Å². The molecule has 0 bridgehead atoms. The molecule has 0 aromatic heterocycles. The van der Waals surface area contributed by atoms with E-state index < -0.39 is 0 Å². The third-order valence-electron chi connectivity index (χ3n) is 2.53. The van der Waals surface area contributed by atoms with Crippen LogP contribution in [0.2, 0.25) is 0 Å². The molecular formula is C15H30O4. The molecule has 0 unspecified atom stereocenters. The number of ketones is 1. The number of hydrogen-bond donors (Lipinski definition) is 0. The fraction of sp³-hybridized carbons (Fsp3) is 0.933. The van der Waals surface area contributed by atoms with Crippen LogP contribution in [0.15, 0.2) is 0 Å². The fourth-order valence-electron chi connectivity index (χ4n) is 1.39. The molecule has 19 heavy (non-hydrogen) atoms. The molecule has 0 fully saturated rings. The summed E-state index contributed by atoms with van der Waals surface area (Å²) in [5.41, 5.74) is 0. The van der Waals surface area contributed by atoms with Gasteiger partial charge in [0.2, 0.25) is 0 Å². The molecule has 0 aromatic carbocycles. The SMILES string of the molecule is CC(C)CCOCCCC(=O)COCCOC(C)C. The smallest absolute Gasteiger partial charge is 0.158 e. The van der Waals surface area contributed by atoms with E-state index in [1.807, 2.05) is 13.8 Å². The molecule has 4 nitrogen and oxygen atoms in total. The van der Waals surface area contributed by atoms with Gasteiger partial charge in [-0.05, 0) is 32.6 Å². The van der Waals surface area contributed by atoms with E-state index in [4.69, 9.17) is 14.2 Å². The van der Waals surface area contributed by atoms with Gasteiger partial charge in [0, 0.05) is 19.6 Å². The summed E-state index contributed by atoms with van der Waals surface area (Å²) < 4.78 is 16.0. The first-order valence-corrected chi connectivity index (χ1v) is 7.31. The van der Waals surface area contributed by atoms with E-state index in [1.165, 1.54) is 0 Å². The second kappa shape index (κ2) is 12.6. The van der Waals surface area contributed by atoms with Crippen molar-refractivity contribution in [1.82, 2.24) is 0 Å². The first-order valence-electron chi connectivity index (χ1n) is 7.31. The van der Waals surface area contributed by atoms with Gasteiger partial charge in [-0.2, -0.15) is 0 Å². The van der Waals surface area contributed by atoms with E-state index in [9.17, 15) is 4.79 Å². The average Bonchev–Trinajstić information content (AvgIpc) is 2.32. The Balaban J connectivity index is 3.21. The third-order valence-corrected chi connectivity index (χ3v) is 2.53. The topological polar surface area (TPSA) is 44.8 Å². The van der Waals surface area contributed by atoms with Gasteiger partial charge in [0.25, 0.3) is 0 Å². The summed E-state index contributed by atoms with van der Waals surface area (Å²) in [5.74, 6) is 0.806. The summed E-state index contributed by atoms with van der Waals surface area (Å²) in [4.78, 5) is 11.5. The van der Waals surface area contributed by atoms with Gasteiger partial charge >= 0.3 is 0 Å². The van der Waals surface area contributed by atoms with E-state index in [2.05, 4.69) is 13.8 Å². The number of carbonyl (C=O) groups is 1. The summed E-state index contributed by atoms with van der Waals surface area (Å²) in [6, 6.07) is 0. The Bertz CT molecular complexity index is 214. The number of ether oxygens (including phenoxy) is 3. The molecule has 0 radical (unpaired) electrons. The van der Waals surface area contributed by atoms with Crippen molar-refractivity contribution in [2.75, 3.05) is 33.0 Å². The van der Waals surface area contributed by atoms with E-state index >= 15 is 0 Å². The van der Waals surface area contributed by atoms with Crippen molar-refractivity contribution in [2.45, 2.75) is 53.1 Å². The normalized spacial score (nSPS) is 11.5. The molecule has 0 amide bonds. The van der Waals surface area contributed by atoms with Crippen LogP contribution >= 0.6 is 0 Å². The van der Waals surface area contributed by atoms with Crippen LogP contribution in [-0.2, 0) is 19.0 Å². The maximum absolute atomic E-state index is 11.5. The summed E-state index contributed by atoms with van der Waals surface area (Å²) in [5, 5.41) is 0. The number of rotatable bonds is 13. The van der Waals surface area contributed by atoms with Gasteiger partial charge in [-0.3, -0.25) is 4.79 Å². The number of carbonyl (C=O) groups excluding carboxylic acids is 1. The Morgan fingerprint density at radius 2 is 1.68 bits per heavy atom. The van der Waals surface area contributed by atoms with Crippen molar-refractivity contribution >= 4 is 5.78 Å². The van der Waals surface area contributed by atoms with Crippen molar-refractivity contribution in [3.63, 3.8) is 0 Å². The summed E-state index contributed by atoms with van der Waals surface area (Å²) in [6.45, 7) is 11.0. The predicted octanol–water partition coefficient (Wildman–Crippen LogP) is 2.84. The zero-order chi connectivity index (χ0) is 14.5. The molecule has 0 aliphatic heterocycles. The van der Waals surface area contributed by atoms with Gasteiger partial charge in [0.15, 0.2) is 5.78 Å². The molecule has 114 valence electrons. The zero-order valence-electron chi connectivity index (χ0n) is 12.9. The molecule has 0 atom stereocenters. The lowest BCUT2D eigenvalue weighted by Crippen LogP contribution is -2.14. The highest BCUT2D eigenvalue weighted by atomic mass is 16.5. The molecule has 0 rings (SSSR count). The Morgan fingerprint density at radius 3 is 2.32 bits per heavy atom. The van der Waals surface area contributed by atoms with E-state index in [0.717, 1.165) is 19.4 Å². The third kappa shape index (κ3) is 15.5. The lowest BCUT2D eigenvalue weighted by atomic mass is 10.1.